The van der Waals surface area contributed by atoms with E-state index in [0.717, 1.165) is 17.8 Å². The number of nitriles is 1. The molecular weight excluding hydrogens is 240 g/mol. The quantitative estimate of drug-likeness (QED) is 0.674. The second kappa shape index (κ2) is 8.28. The summed E-state index contributed by atoms with van der Waals surface area (Å²) in [5.74, 6) is 0.145. The lowest BCUT2D eigenvalue weighted by molar-refractivity contribution is 0.0988. The van der Waals surface area contributed by atoms with Crippen LogP contribution in [0.25, 0.3) is 0 Å². The van der Waals surface area contributed by atoms with Crippen LogP contribution in [0.1, 0.15) is 30.1 Å². The highest BCUT2D eigenvalue weighted by molar-refractivity contribution is 5.96. The number of hydrogen-bond donors (Lipinski definition) is 0. The number of rotatable bonds is 8. The number of benzene rings is 1. The van der Waals surface area contributed by atoms with Gasteiger partial charge in [0.2, 0.25) is 0 Å². The monoisotopic (exact) mass is 260 g/mol. The number of methoxy groups -OCH3 is 1. The van der Waals surface area contributed by atoms with E-state index in [4.69, 9.17) is 10.00 Å². The van der Waals surface area contributed by atoms with E-state index in [1.54, 1.807) is 7.11 Å². The molecule has 0 aliphatic heterocycles. The van der Waals surface area contributed by atoms with Gasteiger partial charge < -0.3 is 9.64 Å². The van der Waals surface area contributed by atoms with Gasteiger partial charge in [-0.15, -0.1) is 0 Å². The summed E-state index contributed by atoms with van der Waals surface area (Å²) in [4.78, 5) is 13.7. The van der Waals surface area contributed by atoms with Crippen molar-refractivity contribution >= 4 is 11.5 Å². The van der Waals surface area contributed by atoms with Crippen molar-refractivity contribution in [1.29, 1.82) is 5.26 Å². The number of carbonyl (C=O) groups excluding carboxylic acids is 1. The first-order chi connectivity index (χ1) is 9.22. The molecule has 1 aromatic carbocycles. The summed E-state index contributed by atoms with van der Waals surface area (Å²) < 4.78 is 5.07. The number of nitrogens with zero attached hydrogens (tertiary/aromatic N) is 2. The second-order valence-corrected chi connectivity index (χ2v) is 4.21. The van der Waals surface area contributed by atoms with Crippen molar-refractivity contribution in [2.45, 2.75) is 19.8 Å². The largest absolute Gasteiger partial charge is 0.383 e. The molecule has 1 rings (SSSR count). The van der Waals surface area contributed by atoms with Crippen LogP contribution in [0.3, 0.4) is 0 Å². The third kappa shape index (κ3) is 4.72. The van der Waals surface area contributed by atoms with Crippen molar-refractivity contribution in [1.82, 2.24) is 0 Å². The SMILES string of the molecule is CCC(=O)c1ccc(N(CCC#N)CCOC)cc1. The number of anilines is 1. The molecule has 0 radical (unpaired) electrons. The molecular formula is C15H20N2O2. The van der Waals surface area contributed by atoms with Gasteiger partial charge in [0.15, 0.2) is 5.78 Å². The molecule has 0 amide bonds. The van der Waals surface area contributed by atoms with Crippen LogP contribution in [-0.4, -0.2) is 32.6 Å². The molecule has 0 unspecified atom stereocenters. The molecule has 0 N–H and O–H groups in total. The molecule has 0 fully saturated rings. The van der Waals surface area contributed by atoms with E-state index < -0.39 is 0 Å². The van der Waals surface area contributed by atoms with Crippen LogP contribution >= 0.6 is 0 Å². The minimum Gasteiger partial charge on any atom is -0.383 e. The van der Waals surface area contributed by atoms with Crippen LogP contribution in [0, 0.1) is 11.3 Å². The van der Waals surface area contributed by atoms with Gasteiger partial charge in [-0.3, -0.25) is 4.79 Å². The molecule has 4 nitrogen and oxygen atoms in total. The summed E-state index contributed by atoms with van der Waals surface area (Å²) in [6.07, 6.45) is 0.987. The molecule has 0 saturated heterocycles. The topological polar surface area (TPSA) is 53.3 Å². The molecule has 102 valence electrons. The van der Waals surface area contributed by atoms with Crippen LogP contribution in [0.4, 0.5) is 5.69 Å². The highest BCUT2D eigenvalue weighted by Gasteiger charge is 2.08. The van der Waals surface area contributed by atoms with E-state index in [0.29, 0.717) is 26.0 Å². The molecule has 0 heterocycles. The second-order valence-electron chi connectivity index (χ2n) is 4.21. The van der Waals surface area contributed by atoms with E-state index in [-0.39, 0.29) is 5.78 Å². The highest BCUT2D eigenvalue weighted by atomic mass is 16.5. The van der Waals surface area contributed by atoms with Crippen molar-refractivity contribution in [3.63, 3.8) is 0 Å². The zero-order valence-corrected chi connectivity index (χ0v) is 11.6. The fourth-order valence-electron chi connectivity index (χ4n) is 1.82. The average molecular weight is 260 g/mol. The standard InChI is InChI=1S/C15H20N2O2/c1-3-15(18)13-5-7-14(8-6-13)17(10-4-9-16)11-12-19-2/h5-8H,3-4,10-12H2,1-2H3. The van der Waals surface area contributed by atoms with E-state index >= 15 is 0 Å². The summed E-state index contributed by atoms with van der Waals surface area (Å²) in [5.41, 5.74) is 1.75. The van der Waals surface area contributed by atoms with Gasteiger partial charge in [0.1, 0.15) is 0 Å². The van der Waals surface area contributed by atoms with E-state index in [9.17, 15) is 4.79 Å². The predicted octanol–water partition coefficient (Wildman–Crippen LogP) is 2.65. The Kier molecular flexibility index (Phi) is 6.62. The molecule has 4 heteroatoms. The number of ether oxygens (including phenoxy) is 1. The Bertz CT molecular complexity index is 434. The van der Waals surface area contributed by atoms with Gasteiger partial charge in [-0.05, 0) is 24.3 Å². The van der Waals surface area contributed by atoms with E-state index in [2.05, 4.69) is 11.0 Å². The minimum absolute atomic E-state index is 0.145. The summed E-state index contributed by atoms with van der Waals surface area (Å²) >= 11 is 0. The third-order valence-corrected chi connectivity index (χ3v) is 2.93. The fourth-order valence-corrected chi connectivity index (χ4v) is 1.82. The maximum Gasteiger partial charge on any atom is 0.162 e. The van der Waals surface area contributed by atoms with E-state index in [1.165, 1.54) is 0 Å². The Morgan fingerprint density at radius 3 is 2.53 bits per heavy atom. The van der Waals surface area contributed by atoms with Crippen LogP contribution in [-0.2, 0) is 4.74 Å². The normalized spacial score (nSPS) is 9.95. The average Bonchev–Trinajstić information content (AvgIpc) is 2.47. The molecule has 1 aromatic rings. The Labute approximate surface area is 114 Å². The lowest BCUT2D eigenvalue weighted by atomic mass is 10.1. The zero-order chi connectivity index (χ0) is 14.1. The van der Waals surface area contributed by atoms with Crippen LogP contribution < -0.4 is 4.90 Å². The maximum absolute atomic E-state index is 11.6. The molecule has 19 heavy (non-hydrogen) atoms. The third-order valence-electron chi connectivity index (χ3n) is 2.93. The molecule has 0 aromatic heterocycles. The van der Waals surface area contributed by atoms with Gasteiger partial charge in [0.05, 0.1) is 19.1 Å². The fraction of sp³-hybridized carbons (Fsp3) is 0.467. The summed E-state index contributed by atoms with van der Waals surface area (Å²) in [7, 11) is 1.66. The summed E-state index contributed by atoms with van der Waals surface area (Å²) in [6.45, 7) is 3.87. The number of Topliss-reactive ketones (excluding diaryl/α,β-unsaturated/α-hetero) is 1. The highest BCUT2D eigenvalue weighted by Crippen LogP contribution is 2.16. The molecule has 0 spiro atoms. The Morgan fingerprint density at radius 1 is 1.32 bits per heavy atom. The van der Waals surface area contributed by atoms with Gasteiger partial charge in [-0.25, -0.2) is 0 Å². The smallest absolute Gasteiger partial charge is 0.162 e. The molecule has 0 aliphatic carbocycles. The minimum atomic E-state index is 0.145. The Morgan fingerprint density at radius 2 is 2.00 bits per heavy atom. The maximum atomic E-state index is 11.6. The lowest BCUT2D eigenvalue weighted by Crippen LogP contribution is -2.28. The first kappa shape index (κ1) is 15.2. The van der Waals surface area contributed by atoms with Crippen molar-refractivity contribution in [3.8, 4) is 6.07 Å². The van der Waals surface area contributed by atoms with Crippen LogP contribution in [0.5, 0.6) is 0 Å². The first-order valence-corrected chi connectivity index (χ1v) is 6.47. The van der Waals surface area contributed by atoms with Crippen molar-refractivity contribution < 1.29 is 9.53 Å². The molecule has 0 saturated carbocycles. The summed E-state index contributed by atoms with van der Waals surface area (Å²) in [5, 5.41) is 8.68. The first-order valence-electron chi connectivity index (χ1n) is 6.47. The van der Waals surface area contributed by atoms with Crippen molar-refractivity contribution in [2.75, 3.05) is 31.7 Å². The predicted molar refractivity (Wildman–Crippen MR) is 75.4 cm³/mol. The van der Waals surface area contributed by atoms with Gasteiger partial charge >= 0.3 is 0 Å². The lowest BCUT2D eigenvalue weighted by Gasteiger charge is -2.23. The zero-order valence-electron chi connectivity index (χ0n) is 11.6. The summed E-state index contributed by atoms with van der Waals surface area (Å²) in [6, 6.07) is 9.68. The molecule has 0 aliphatic rings. The van der Waals surface area contributed by atoms with Crippen molar-refractivity contribution in [3.05, 3.63) is 29.8 Å². The van der Waals surface area contributed by atoms with E-state index in [1.807, 2.05) is 31.2 Å². The van der Waals surface area contributed by atoms with Gasteiger partial charge in [-0.1, -0.05) is 6.92 Å². The van der Waals surface area contributed by atoms with Gasteiger partial charge in [0.25, 0.3) is 0 Å². The van der Waals surface area contributed by atoms with Crippen LogP contribution in [0.15, 0.2) is 24.3 Å². The van der Waals surface area contributed by atoms with Crippen LogP contribution in [0.2, 0.25) is 0 Å². The Balaban J connectivity index is 2.78. The number of carbonyl (C=O) groups is 1. The van der Waals surface area contributed by atoms with Crippen molar-refractivity contribution in [2.24, 2.45) is 0 Å². The molecule has 0 bridgehead atoms. The van der Waals surface area contributed by atoms with Gasteiger partial charge in [0, 0.05) is 37.9 Å². The Hall–Kier alpha value is -1.86. The number of ketones is 1. The molecule has 0 atom stereocenters. The van der Waals surface area contributed by atoms with Gasteiger partial charge in [-0.2, -0.15) is 5.26 Å². The number of hydrogen-bond acceptors (Lipinski definition) is 4.